The second-order valence-electron chi connectivity index (χ2n) is 10.5. The van der Waals surface area contributed by atoms with E-state index in [9.17, 15) is 32.5 Å². The van der Waals surface area contributed by atoms with E-state index in [0.29, 0.717) is 63.4 Å². The van der Waals surface area contributed by atoms with Crippen LogP contribution in [0.15, 0.2) is 60.8 Å². The summed E-state index contributed by atoms with van der Waals surface area (Å²) in [6.45, 7) is 2.22. The highest BCUT2D eigenvalue weighted by atomic mass is 19.4. The van der Waals surface area contributed by atoms with E-state index >= 15 is 0 Å². The van der Waals surface area contributed by atoms with E-state index in [1.165, 1.54) is 30.3 Å². The van der Waals surface area contributed by atoms with E-state index in [0.717, 1.165) is 17.8 Å². The molecule has 1 aliphatic heterocycles. The molecule has 1 aliphatic carbocycles. The highest BCUT2D eigenvalue weighted by Gasteiger charge is 2.38. The Balaban J connectivity index is 1.10. The number of nitrogens with zero attached hydrogens (tertiary/aromatic N) is 4. The number of halogens is 4. The van der Waals surface area contributed by atoms with Crippen molar-refractivity contribution in [1.29, 1.82) is 0 Å². The molecule has 1 aromatic heterocycles. The van der Waals surface area contributed by atoms with E-state index in [-0.39, 0.29) is 29.7 Å². The molecule has 0 spiro atoms. The molecule has 2 aliphatic rings. The predicted molar refractivity (Wildman–Crippen MR) is 152 cm³/mol. The number of benzene rings is 2. The number of nitro benzene ring substituents is 1. The standard InChI is InChI=1S/C29H30F4N6O4/c30-19-1-3-21(4-2-19)36-28(40)38-15-13-37(14-16-38)23-11-12-34-27(18-23)43-24-8-5-20(6-9-24)35-22-7-10-26(39(41)42)25(17-22)29(31,32)33/h1-4,7,10-12,17-18,20,24,35H,5-6,8-9,13-16H2,(H,36,40). The van der Waals surface area contributed by atoms with Crippen molar-refractivity contribution in [3.8, 4) is 5.88 Å². The van der Waals surface area contributed by atoms with Gasteiger partial charge in [0.2, 0.25) is 5.88 Å². The van der Waals surface area contributed by atoms with E-state index in [2.05, 4.69) is 20.5 Å². The average molecular weight is 603 g/mol. The number of hydrogen-bond donors (Lipinski definition) is 2. The lowest BCUT2D eigenvalue weighted by Crippen LogP contribution is -2.50. The first-order valence-corrected chi connectivity index (χ1v) is 13.9. The molecule has 2 fully saturated rings. The minimum atomic E-state index is -4.83. The highest BCUT2D eigenvalue weighted by Crippen LogP contribution is 2.38. The van der Waals surface area contributed by atoms with Gasteiger partial charge in [0.05, 0.1) is 4.92 Å². The Morgan fingerprint density at radius 2 is 1.63 bits per heavy atom. The largest absolute Gasteiger partial charge is 0.474 e. The molecule has 14 heteroatoms. The Kier molecular flexibility index (Phi) is 8.83. The van der Waals surface area contributed by atoms with Crippen LogP contribution < -0.4 is 20.3 Å². The van der Waals surface area contributed by atoms with Crippen LogP contribution in [0.3, 0.4) is 0 Å². The predicted octanol–water partition coefficient (Wildman–Crippen LogP) is 6.30. The zero-order valence-corrected chi connectivity index (χ0v) is 23.0. The summed E-state index contributed by atoms with van der Waals surface area (Å²) in [7, 11) is 0. The number of urea groups is 1. The summed E-state index contributed by atoms with van der Waals surface area (Å²) in [5.41, 5.74) is -0.627. The first-order chi connectivity index (χ1) is 20.5. The summed E-state index contributed by atoms with van der Waals surface area (Å²) in [4.78, 5) is 30.7. The quantitative estimate of drug-likeness (QED) is 0.185. The SMILES string of the molecule is O=C(Nc1ccc(F)cc1)N1CCN(c2ccnc(OC3CCC(Nc4ccc([N+](=O)[O-])c(C(F)(F)F)c4)CC3)c2)CC1. The number of carbonyl (C=O) groups is 1. The molecule has 2 heterocycles. The lowest BCUT2D eigenvalue weighted by Gasteiger charge is -2.36. The van der Waals surface area contributed by atoms with Crippen molar-refractivity contribution in [3.05, 3.63) is 82.3 Å². The van der Waals surface area contributed by atoms with E-state index in [1.807, 2.05) is 12.1 Å². The molecule has 2 N–H and O–H groups in total. The normalized spacial score (nSPS) is 19.1. The number of pyridine rings is 1. The summed E-state index contributed by atoms with van der Waals surface area (Å²) >= 11 is 0. The van der Waals surface area contributed by atoms with Crippen molar-refractivity contribution in [1.82, 2.24) is 9.88 Å². The molecule has 2 aromatic carbocycles. The number of ether oxygens (including phenoxy) is 1. The first-order valence-electron chi connectivity index (χ1n) is 13.9. The van der Waals surface area contributed by atoms with Gasteiger partial charge >= 0.3 is 12.2 Å². The van der Waals surface area contributed by atoms with E-state index < -0.39 is 22.4 Å². The molecule has 0 bridgehead atoms. The number of carbonyl (C=O) groups excluding carboxylic acids is 1. The fourth-order valence-corrected chi connectivity index (χ4v) is 5.31. The van der Waals surface area contributed by atoms with Gasteiger partial charge in [-0.15, -0.1) is 0 Å². The van der Waals surface area contributed by atoms with Crippen LogP contribution in [-0.2, 0) is 6.18 Å². The molecular weight excluding hydrogens is 572 g/mol. The lowest BCUT2D eigenvalue weighted by atomic mass is 9.92. The molecule has 43 heavy (non-hydrogen) atoms. The maximum absolute atomic E-state index is 13.3. The molecule has 10 nitrogen and oxygen atoms in total. The molecule has 0 radical (unpaired) electrons. The van der Waals surface area contributed by atoms with Gasteiger partial charge in [-0.2, -0.15) is 13.2 Å². The zero-order valence-electron chi connectivity index (χ0n) is 23.0. The Morgan fingerprint density at radius 3 is 2.28 bits per heavy atom. The van der Waals surface area contributed by atoms with Gasteiger partial charge in [-0.1, -0.05) is 0 Å². The van der Waals surface area contributed by atoms with Crippen molar-refractivity contribution in [3.63, 3.8) is 0 Å². The van der Waals surface area contributed by atoms with Crippen LogP contribution in [0.1, 0.15) is 31.2 Å². The topological polar surface area (TPSA) is 113 Å². The highest BCUT2D eigenvalue weighted by molar-refractivity contribution is 5.89. The van der Waals surface area contributed by atoms with Gasteiger partial charge in [0.25, 0.3) is 5.69 Å². The van der Waals surface area contributed by atoms with Gasteiger partial charge in [0.1, 0.15) is 17.5 Å². The first kappa shape index (κ1) is 29.9. The van der Waals surface area contributed by atoms with Crippen LogP contribution in [0.4, 0.5) is 45.1 Å². The summed E-state index contributed by atoms with van der Waals surface area (Å²) in [6.07, 6.45) is -0.682. The Labute approximate surface area is 244 Å². The molecule has 1 saturated heterocycles. The van der Waals surface area contributed by atoms with Crippen LogP contribution in [-0.4, -0.2) is 59.2 Å². The van der Waals surface area contributed by atoms with Crippen molar-refractivity contribution >= 4 is 28.8 Å². The molecule has 3 aromatic rings. The third-order valence-electron chi connectivity index (χ3n) is 7.58. The van der Waals surface area contributed by atoms with Crippen LogP contribution in [0.2, 0.25) is 0 Å². The average Bonchev–Trinajstić information content (AvgIpc) is 2.99. The van der Waals surface area contributed by atoms with Gasteiger partial charge in [-0.3, -0.25) is 10.1 Å². The minimum Gasteiger partial charge on any atom is -0.474 e. The Bertz CT molecular complexity index is 1440. The van der Waals surface area contributed by atoms with E-state index in [4.69, 9.17) is 4.74 Å². The fourth-order valence-electron chi connectivity index (χ4n) is 5.31. The second kappa shape index (κ2) is 12.7. The zero-order chi connectivity index (χ0) is 30.6. The van der Waals surface area contributed by atoms with Crippen molar-refractivity contribution < 1.29 is 32.0 Å². The maximum Gasteiger partial charge on any atom is 0.423 e. The number of alkyl halides is 3. The van der Waals surface area contributed by atoms with Gasteiger partial charge in [-0.25, -0.2) is 14.2 Å². The number of anilines is 3. The lowest BCUT2D eigenvalue weighted by molar-refractivity contribution is -0.388. The number of nitro groups is 1. The number of aromatic nitrogens is 1. The summed E-state index contributed by atoms with van der Waals surface area (Å²) in [5.74, 6) is 0.0956. The smallest absolute Gasteiger partial charge is 0.423 e. The molecule has 5 rings (SSSR count). The minimum absolute atomic E-state index is 0.0989. The van der Waals surface area contributed by atoms with Crippen LogP contribution in [0.25, 0.3) is 0 Å². The molecule has 0 unspecified atom stereocenters. The number of hydrogen-bond acceptors (Lipinski definition) is 7. The summed E-state index contributed by atoms with van der Waals surface area (Å²) in [5, 5.41) is 16.9. The van der Waals surface area contributed by atoms with Gasteiger partial charge in [0.15, 0.2) is 0 Å². The van der Waals surface area contributed by atoms with E-state index in [1.54, 1.807) is 11.1 Å². The Hall–Kier alpha value is -4.62. The summed E-state index contributed by atoms with van der Waals surface area (Å²) in [6, 6.07) is 11.9. The Morgan fingerprint density at radius 1 is 0.953 bits per heavy atom. The van der Waals surface area contributed by atoms with Crippen LogP contribution in [0, 0.1) is 15.9 Å². The molecular formula is C29H30F4N6O4. The maximum atomic E-state index is 13.3. The van der Waals surface area contributed by atoms with Crippen molar-refractivity contribution in [2.75, 3.05) is 41.7 Å². The number of rotatable bonds is 7. The van der Waals surface area contributed by atoms with Crippen LogP contribution in [0.5, 0.6) is 5.88 Å². The third-order valence-corrected chi connectivity index (χ3v) is 7.58. The van der Waals surface area contributed by atoms with Crippen LogP contribution >= 0.6 is 0 Å². The molecule has 228 valence electrons. The van der Waals surface area contributed by atoms with Crippen molar-refractivity contribution in [2.24, 2.45) is 0 Å². The number of piperazine rings is 1. The summed E-state index contributed by atoms with van der Waals surface area (Å²) < 4.78 is 59.2. The molecule has 2 amide bonds. The number of amides is 2. The monoisotopic (exact) mass is 602 g/mol. The molecule has 0 atom stereocenters. The van der Waals surface area contributed by atoms with Gasteiger partial charge < -0.3 is 25.2 Å². The van der Waals surface area contributed by atoms with Gasteiger partial charge in [-0.05, 0) is 68.1 Å². The number of nitrogens with one attached hydrogen (secondary N) is 2. The van der Waals surface area contributed by atoms with Gasteiger partial charge in [0, 0.05) is 67.6 Å². The second-order valence-corrected chi connectivity index (χ2v) is 10.5. The fraction of sp³-hybridized carbons (Fsp3) is 0.379. The molecule has 1 saturated carbocycles. The third kappa shape index (κ3) is 7.62. The van der Waals surface area contributed by atoms with Crippen molar-refractivity contribution in [2.45, 2.75) is 44.0 Å².